The van der Waals surface area contributed by atoms with Crippen molar-refractivity contribution >= 4 is 11.6 Å². The minimum absolute atomic E-state index is 0.252. The first-order valence-electron chi connectivity index (χ1n) is 7.30. The molecule has 0 bridgehead atoms. The van der Waals surface area contributed by atoms with Crippen LogP contribution in [0.5, 0.6) is 0 Å². The van der Waals surface area contributed by atoms with Gasteiger partial charge >= 0.3 is 0 Å². The molecule has 1 amide bonds. The van der Waals surface area contributed by atoms with Gasteiger partial charge in [0.15, 0.2) is 0 Å². The van der Waals surface area contributed by atoms with Gasteiger partial charge in [-0.05, 0) is 36.6 Å². The number of carbonyl (C=O) groups is 1. The highest BCUT2D eigenvalue weighted by atomic mass is 16.2. The zero-order valence-electron chi connectivity index (χ0n) is 12.0. The Balaban J connectivity index is 1.86. The van der Waals surface area contributed by atoms with Crippen molar-refractivity contribution < 1.29 is 4.79 Å². The van der Waals surface area contributed by atoms with E-state index in [-0.39, 0.29) is 5.91 Å². The Bertz CT molecular complexity index is 413. The zero-order valence-corrected chi connectivity index (χ0v) is 12.0. The number of amides is 1. The summed E-state index contributed by atoms with van der Waals surface area (Å²) >= 11 is 0. The summed E-state index contributed by atoms with van der Waals surface area (Å²) in [5.74, 6) is 0.976. The van der Waals surface area contributed by atoms with Crippen LogP contribution in [0.15, 0.2) is 24.3 Å². The van der Waals surface area contributed by atoms with Crippen LogP contribution in [0.25, 0.3) is 0 Å². The molecule has 3 nitrogen and oxygen atoms in total. The fraction of sp³-hybridized carbons (Fsp3) is 0.562. The summed E-state index contributed by atoms with van der Waals surface area (Å²) in [4.78, 5) is 13.5. The highest BCUT2D eigenvalue weighted by molar-refractivity contribution is 5.95. The van der Waals surface area contributed by atoms with Crippen molar-refractivity contribution in [2.75, 3.05) is 18.0 Å². The molecule has 1 aromatic carbocycles. The Morgan fingerprint density at radius 3 is 2.63 bits per heavy atom. The highest BCUT2D eigenvalue weighted by Gasteiger charge is 2.21. The lowest BCUT2D eigenvalue weighted by molar-refractivity contribution is -0.117. The van der Waals surface area contributed by atoms with E-state index in [0.717, 1.165) is 37.7 Å². The topological polar surface area (TPSA) is 32.3 Å². The summed E-state index contributed by atoms with van der Waals surface area (Å²) in [7, 11) is 0. The molecule has 3 heteroatoms. The molecule has 104 valence electrons. The van der Waals surface area contributed by atoms with E-state index in [0.29, 0.717) is 6.42 Å². The second-order valence-electron chi connectivity index (χ2n) is 5.46. The number of benzene rings is 1. The Hall–Kier alpha value is -1.35. The van der Waals surface area contributed by atoms with Crippen LogP contribution >= 0.6 is 0 Å². The number of nitrogens with zero attached hydrogens (tertiary/aromatic N) is 1. The minimum Gasteiger partial charge on any atom is -0.312 e. The van der Waals surface area contributed by atoms with Gasteiger partial charge in [0.1, 0.15) is 0 Å². The molecule has 1 aliphatic heterocycles. The molecule has 0 spiro atoms. The average molecular weight is 260 g/mol. The number of anilines is 1. The van der Waals surface area contributed by atoms with Gasteiger partial charge < -0.3 is 10.2 Å². The average Bonchev–Trinajstić information content (AvgIpc) is 2.85. The lowest BCUT2D eigenvalue weighted by Gasteiger charge is -2.16. The third kappa shape index (κ3) is 3.80. The second kappa shape index (κ2) is 6.71. The lowest BCUT2D eigenvalue weighted by atomic mass is 10.1. The molecule has 0 aromatic heterocycles. The van der Waals surface area contributed by atoms with Gasteiger partial charge in [-0.15, -0.1) is 0 Å². The molecular weight excluding hydrogens is 236 g/mol. The molecule has 1 atom stereocenters. The molecule has 1 heterocycles. The lowest BCUT2D eigenvalue weighted by Crippen LogP contribution is -2.23. The van der Waals surface area contributed by atoms with Crippen molar-refractivity contribution in [3.63, 3.8) is 0 Å². The van der Waals surface area contributed by atoms with Crippen LogP contribution in [-0.2, 0) is 11.3 Å². The van der Waals surface area contributed by atoms with E-state index >= 15 is 0 Å². The van der Waals surface area contributed by atoms with Crippen LogP contribution in [0.1, 0.15) is 38.7 Å². The number of nitrogens with one attached hydrogen (secondary N) is 1. The Morgan fingerprint density at radius 1 is 1.32 bits per heavy atom. The van der Waals surface area contributed by atoms with E-state index in [1.54, 1.807) is 0 Å². The van der Waals surface area contributed by atoms with E-state index in [4.69, 9.17) is 0 Å². The smallest absolute Gasteiger partial charge is 0.227 e. The van der Waals surface area contributed by atoms with Gasteiger partial charge in [-0.3, -0.25) is 4.79 Å². The first-order chi connectivity index (χ1) is 9.20. The van der Waals surface area contributed by atoms with Crippen molar-refractivity contribution in [3.05, 3.63) is 29.8 Å². The molecule has 1 unspecified atom stereocenters. The third-order valence-corrected chi connectivity index (χ3v) is 3.84. The fourth-order valence-electron chi connectivity index (χ4n) is 2.32. The van der Waals surface area contributed by atoms with Gasteiger partial charge in [-0.2, -0.15) is 0 Å². The van der Waals surface area contributed by atoms with Gasteiger partial charge in [0.2, 0.25) is 5.91 Å². The van der Waals surface area contributed by atoms with Gasteiger partial charge in [0, 0.05) is 25.2 Å². The monoisotopic (exact) mass is 260 g/mol. The van der Waals surface area contributed by atoms with E-state index in [1.807, 2.05) is 4.90 Å². The molecule has 1 saturated heterocycles. The number of rotatable bonds is 6. The number of carbonyl (C=O) groups excluding carboxylic acids is 1. The molecule has 2 rings (SSSR count). The van der Waals surface area contributed by atoms with Crippen molar-refractivity contribution in [3.8, 4) is 0 Å². The molecule has 0 radical (unpaired) electrons. The first-order valence-corrected chi connectivity index (χ1v) is 7.30. The predicted octanol–water partition coefficient (Wildman–Crippen LogP) is 2.95. The maximum Gasteiger partial charge on any atom is 0.227 e. The minimum atomic E-state index is 0.252. The van der Waals surface area contributed by atoms with E-state index in [1.165, 1.54) is 12.0 Å². The summed E-state index contributed by atoms with van der Waals surface area (Å²) in [6.07, 6.45) is 2.89. The molecule has 1 aromatic rings. The molecule has 19 heavy (non-hydrogen) atoms. The van der Waals surface area contributed by atoms with Crippen molar-refractivity contribution in [1.82, 2.24) is 5.32 Å². The van der Waals surface area contributed by atoms with Crippen molar-refractivity contribution in [2.45, 2.75) is 39.7 Å². The van der Waals surface area contributed by atoms with E-state index < -0.39 is 0 Å². The van der Waals surface area contributed by atoms with E-state index in [9.17, 15) is 4.79 Å². The van der Waals surface area contributed by atoms with Crippen LogP contribution in [0.3, 0.4) is 0 Å². The second-order valence-corrected chi connectivity index (χ2v) is 5.46. The highest BCUT2D eigenvalue weighted by Crippen LogP contribution is 2.21. The molecule has 0 saturated carbocycles. The van der Waals surface area contributed by atoms with Crippen molar-refractivity contribution in [2.24, 2.45) is 5.92 Å². The predicted molar refractivity (Wildman–Crippen MR) is 79.2 cm³/mol. The Morgan fingerprint density at radius 2 is 2.05 bits per heavy atom. The Labute approximate surface area is 116 Å². The normalized spacial score (nSPS) is 16.9. The van der Waals surface area contributed by atoms with Crippen LogP contribution in [0, 0.1) is 5.92 Å². The largest absolute Gasteiger partial charge is 0.312 e. The maximum absolute atomic E-state index is 11.7. The summed E-state index contributed by atoms with van der Waals surface area (Å²) < 4.78 is 0. The molecule has 1 aliphatic rings. The van der Waals surface area contributed by atoms with Crippen molar-refractivity contribution in [1.29, 1.82) is 0 Å². The van der Waals surface area contributed by atoms with Crippen LogP contribution in [0.4, 0.5) is 5.69 Å². The van der Waals surface area contributed by atoms with Crippen LogP contribution in [0.2, 0.25) is 0 Å². The zero-order chi connectivity index (χ0) is 13.7. The van der Waals surface area contributed by atoms with Gasteiger partial charge in [-0.25, -0.2) is 0 Å². The maximum atomic E-state index is 11.7. The third-order valence-electron chi connectivity index (χ3n) is 3.84. The van der Waals surface area contributed by atoms with Gasteiger partial charge in [-0.1, -0.05) is 32.4 Å². The van der Waals surface area contributed by atoms with Gasteiger partial charge in [0.05, 0.1) is 0 Å². The standard InChI is InChI=1S/C16H24N2O/c1-3-13(2)11-17-12-14-6-8-15(9-7-14)18-10-4-5-16(18)19/h6-9,13,17H,3-5,10-12H2,1-2H3. The summed E-state index contributed by atoms with van der Waals surface area (Å²) in [6.45, 7) is 7.30. The Kier molecular flexibility index (Phi) is 4.97. The molecule has 1 N–H and O–H groups in total. The van der Waals surface area contributed by atoms with Crippen LogP contribution < -0.4 is 10.2 Å². The molecular formula is C16H24N2O. The number of hydrogen-bond donors (Lipinski definition) is 1. The fourth-order valence-corrected chi connectivity index (χ4v) is 2.32. The quantitative estimate of drug-likeness (QED) is 0.853. The number of hydrogen-bond acceptors (Lipinski definition) is 2. The molecule has 0 aliphatic carbocycles. The first kappa shape index (κ1) is 14.1. The van der Waals surface area contributed by atoms with Crippen LogP contribution in [-0.4, -0.2) is 19.0 Å². The van der Waals surface area contributed by atoms with Gasteiger partial charge in [0.25, 0.3) is 0 Å². The summed E-state index contributed by atoms with van der Waals surface area (Å²) in [6, 6.07) is 8.35. The SMILES string of the molecule is CCC(C)CNCc1ccc(N2CCCC2=O)cc1. The summed E-state index contributed by atoms with van der Waals surface area (Å²) in [5, 5.41) is 3.47. The summed E-state index contributed by atoms with van der Waals surface area (Å²) in [5.41, 5.74) is 2.31. The van der Waals surface area contributed by atoms with E-state index in [2.05, 4.69) is 43.4 Å². The molecule has 1 fully saturated rings.